The molecule has 0 bridgehead atoms. The van der Waals surface area contributed by atoms with E-state index >= 15 is 0 Å². The van der Waals surface area contributed by atoms with Crippen molar-refractivity contribution >= 4 is 6.09 Å². The lowest BCUT2D eigenvalue weighted by atomic mass is 9.93. The van der Waals surface area contributed by atoms with E-state index in [4.69, 9.17) is 9.84 Å². The van der Waals surface area contributed by atoms with Gasteiger partial charge in [-0.15, -0.1) is 0 Å². The average Bonchev–Trinajstić information content (AvgIpc) is 2.18. The minimum Gasteiger partial charge on any atom is -0.444 e. The molecule has 1 saturated heterocycles. The number of amides is 1. The van der Waals surface area contributed by atoms with E-state index < -0.39 is 17.3 Å². The summed E-state index contributed by atoms with van der Waals surface area (Å²) in [7, 11) is 0. The lowest BCUT2D eigenvalue weighted by molar-refractivity contribution is -0.0287. The number of β-amino-alcohol motifs (C(OH)–C–C–N with tert-alkyl or cyclic N) is 1. The minimum absolute atomic E-state index is 0.115. The van der Waals surface area contributed by atoms with E-state index in [-0.39, 0.29) is 13.2 Å². The summed E-state index contributed by atoms with van der Waals surface area (Å²) in [6, 6.07) is 0. The lowest BCUT2D eigenvalue weighted by Crippen LogP contribution is -2.60. The van der Waals surface area contributed by atoms with Crippen molar-refractivity contribution in [2.75, 3.05) is 32.8 Å². The van der Waals surface area contributed by atoms with Crippen LogP contribution in [0.3, 0.4) is 0 Å². The van der Waals surface area contributed by atoms with Crippen molar-refractivity contribution in [2.45, 2.75) is 38.4 Å². The van der Waals surface area contributed by atoms with Crippen molar-refractivity contribution in [3.05, 3.63) is 0 Å². The van der Waals surface area contributed by atoms with Crippen molar-refractivity contribution in [3.8, 4) is 0 Å². The summed E-state index contributed by atoms with van der Waals surface area (Å²) >= 11 is 0. The molecule has 0 unspecified atom stereocenters. The van der Waals surface area contributed by atoms with Gasteiger partial charge in [-0.3, -0.25) is 0 Å². The van der Waals surface area contributed by atoms with Gasteiger partial charge in [-0.2, -0.15) is 0 Å². The number of hydrogen-bond donors (Lipinski definition) is 3. The van der Waals surface area contributed by atoms with Gasteiger partial charge in [0.1, 0.15) is 5.60 Å². The molecule has 0 radical (unpaired) electrons. The first-order chi connectivity index (χ1) is 8.26. The largest absolute Gasteiger partial charge is 0.444 e. The standard InChI is InChI=1S/C12H24N2O4/c1-11(2,3)18-10(16)14(6-7-15)5-4-12(17)8-13-9-12/h13,15,17H,4-9H2,1-3H3. The van der Waals surface area contributed by atoms with Gasteiger partial charge in [-0.25, -0.2) is 4.79 Å². The highest BCUT2D eigenvalue weighted by Gasteiger charge is 2.35. The molecule has 6 heteroatoms. The Morgan fingerprint density at radius 2 is 2.00 bits per heavy atom. The van der Waals surface area contributed by atoms with Crippen LogP contribution >= 0.6 is 0 Å². The van der Waals surface area contributed by atoms with E-state index in [2.05, 4.69) is 5.32 Å². The molecule has 0 spiro atoms. The van der Waals surface area contributed by atoms with Gasteiger partial charge in [0, 0.05) is 26.2 Å². The van der Waals surface area contributed by atoms with Crippen molar-refractivity contribution in [1.82, 2.24) is 10.2 Å². The number of carbonyl (C=O) groups is 1. The molecule has 0 saturated carbocycles. The number of ether oxygens (including phenoxy) is 1. The second-order valence-electron chi connectivity index (χ2n) is 5.77. The highest BCUT2D eigenvalue weighted by molar-refractivity contribution is 5.68. The van der Waals surface area contributed by atoms with Gasteiger partial charge in [0.05, 0.1) is 12.2 Å². The van der Waals surface area contributed by atoms with Crippen molar-refractivity contribution in [3.63, 3.8) is 0 Å². The van der Waals surface area contributed by atoms with E-state index in [9.17, 15) is 9.90 Å². The molecule has 1 rings (SSSR count). The predicted octanol–water partition coefficient (Wildman–Crippen LogP) is -0.0598. The Morgan fingerprint density at radius 3 is 2.39 bits per heavy atom. The highest BCUT2D eigenvalue weighted by Crippen LogP contribution is 2.17. The summed E-state index contributed by atoms with van der Waals surface area (Å²) in [6.45, 7) is 6.98. The second-order valence-corrected chi connectivity index (χ2v) is 5.77. The van der Waals surface area contributed by atoms with Gasteiger partial charge in [-0.1, -0.05) is 0 Å². The fourth-order valence-electron chi connectivity index (χ4n) is 1.67. The lowest BCUT2D eigenvalue weighted by Gasteiger charge is -2.39. The number of nitrogens with one attached hydrogen (secondary N) is 1. The number of aliphatic hydroxyl groups is 2. The molecule has 3 N–H and O–H groups in total. The average molecular weight is 260 g/mol. The maximum Gasteiger partial charge on any atom is 0.410 e. The quantitative estimate of drug-likeness (QED) is 0.645. The SMILES string of the molecule is CC(C)(C)OC(=O)N(CCO)CCC1(O)CNC1. The Hall–Kier alpha value is -0.850. The van der Waals surface area contributed by atoms with Crippen LogP contribution in [-0.4, -0.2) is 65.2 Å². The van der Waals surface area contributed by atoms with E-state index in [0.717, 1.165) is 0 Å². The first kappa shape index (κ1) is 15.2. The zero-order valence-electron chi connectivity index (χ0n) is 11.4. The van der Waals surface area contributed by atoms with E-state index in [1.807, 2.05) is 0 Å². The molecule has 0 aromatic carbocycles. The van der Waals surface area contributed by atoms with Crippen molar-refractivity contribution in [1.29, 1.82) is 0 Å². The zero-order valence-corrected chi connectivity index (χ0v) is 11.4. The molecule has 1 amide bonds. The normalized spacial score (nSPS) is 18.1. The molecular formula is C12H24N2O4. The van der Waals surface area contributed by atoms with Gasteiger partial charge in [0.15, 0.2) is 0 Å². The molecule has 1 fully saturated rings. The molecular weight excluding hydrogens is 236 g/mol. The fraction of sp³-hybridized carbons (Fsp3) is 0.917. The second kappa shape index (κ2) is 5.86. The summed E-state index contributed by atoms with van der Waals surface area (Å²) in [6.07, 6.45) is 0.0339. The van der Waals surface area contributed by atoms with Gasteiger partial charge in [0.25, 0.3) is 0 Å². The molecule has 106 valence electrons. The number of aliphatic hydroxyl groups excluding tert-OH is 1. The van der Waals surface area contributed by atoms with Crippen LogP contribution in [-0.2, 0) is 4.74 Å². The van der Waals surface area contributed by atoms with Crippen LogP contribution in [0.15, 0.2) is 0 Å². The van der Waals surface area contributed by atoms with Crippen LogP contribution in [0.4, 0.5) is 4.79 Å². The van der Waals surface area contributed by atoms with E-state index in [1.165, 1.54) is 4.90 Å². The zero-order chi connectivity index (χ0) is 13.8. The summed E-state index contributed by atoms with van der Waals surface area (Å²) in [5.41, 5.74) is -1.28. The van der Waals surface area contributed by atoms with Crippen LogP contribution in [0, 0.1) is 0 Å². The highest BCUT2D eigenvalue weighted by atomic mass is 16.6. The van der Waals surface area contributed by atoms with Gasteiger partial charge < -0.3 is 25.2 Å². The van der Waals surface area contributed by atoms with Crippen molar-refractivity contribution in [2.24, 2.45) is 0 Å². The van der Waals surface area contributed by atoms with Crippen LogP contribution < -0.4 is 5.32 Å². The summed E-state index contributed by atoms with van der Waals surface area (Å²) in [5, 5.41) is 21.9. The third kappa shape index (κ3) is 4.80. The number of rotatable bonds is 5. The van der Waals surface area contributed by atoms with Crippen molar-refractivity contribution < 1.29 is 19.7 Å². The minimum atomic E-state index is -0.726. The third-order valence-electron chi connectivity index (χ3n) is 2.78. The molecule has 0 aromatic rings. The fourth-order valence-corrected chi connectivity index (χ4v) is 1.67. The van der Waals surface area contributed by atoms with Crippen LogP contribution in [0.1, 0.15) is 27.2 Å². The van der Waals surface area contributed by atoms with Crippen LogP contribution in [0.2, 0.25) is 0 Å². The maximum absolute atomic E-state index is 11.9. The smallest absolute Gasteiger partial charge is 0.410 e. The number of carbonyl (C=O) groups excluding carboxylic acids is 1. The summed E-state index contributed by atoms with van der Waals surface area (Å²) in [4.78, 5) is 13.3. The molecule has 6 nitrogen and oxygen atoms in total. The van der Waals surface area contributed by atoms with Gasteiger partial charge in [0.2, 0.25) is 0 Å². The van der Waals surface area contributed by atoms with Crippen LogP contribution in [0.25, 0.3) is 0 Å². The topological polar surface area (TPSA) is 82.0 Å². The molecule has 0 atom stereocenters. The number of hydrogen-bond acceptors (Lipinski definition) is 5. The molecule has 0 aliphatic carbocycles. The molecule has 0 aromatic heterocycles. The Morgan fingerprint density at radius 1 is 1.39 bits per heavy atom. The Kier molecular flexibility index (Phi) is 4.95. The van der Waals surface area contributed by atoms with Crippen LogP contribution in [0.5, 0.6) is 0 Å². The first-order valence-electron chi connectivity index (χ1n) is 6.28. The molecule has 18 heavy (non-hydrogen) atoms. The Labute approximate surface area is 108 Å². The van der Waals surface area contributed by atoms with E-state index in [0.29, 0.717) is 26.1 Å². The predicted molar refractivity (Wildman–Crippen MR) is 67.3 cm³/mol. The molecule has 1 aliphatic rings. The number of nitrogens with zero attached hydrogens (tertiary/aromatic N) is 1. The Bertz CT molecular complexity index is 284. The van der Waals surface area contributed by atoms with E-state index in [1.54, 1.807) is 20.8 Å². The monoisotopic (exact) mass is 260 g/mol. The van der Waals surface area contributed by atoms with Gasteiger partial charge in [-0.05, 0) is 27.2 Å². The first-order valence-corrected chi connectivity index (χ1v) is 6.28. The summed E-state index contributed by atoms with van der Waals surface area (Å²) < 4.78 is 5.25. The molecule has 1 heterocycles. The summed E-state index contributed by atoms with van der Waals surface area (Å²) in [5.74, 6) is 0. The van der Waals surface area contributed by atoms with Gasteiger partial charge >= 0.3 is 6.09 Å². The molecule has 1 aliphatic heterocycles. The third-order valence-corrected chi connectivity index (χ3v) is 2.78. The maximum atomic E-state index is 11.9. The Balaban J connectivity index is 2.45.